The highest BCUT2D eigenvalue weighted by Gasteiger charge is 2.36. The van der Waals surface area contributed by atoms with Gasteiger partial charge in [0.2, 0.25) is 0 Å². The highest BCUT2D eigenvalue weighted by atomic mass is 16.6. The summed E-state index contributed by atoms with van der Waals surface area (Å²) in [5.74, 6) is 0. The topological polar surface area (TPSA) is 90.2 Å². The van der Waals surface area contributed by atoms with E-state index >= 15 is 0 Å². The first-order valence-corrected chi connectivity index (χ1v) is 2.97. The Morgan fingerprint density at radius 2 is 1.60 bits per heavy atom. The summed E-state index contributed by atoms with van der Waals surface area (Å²) in [6, 6.07) is 0. The number of aliphatic hydroxyl groups is 4. The second-order valence-corrected chi connectivity index (χ2v) is 2.27. The van der Waals surface area contributed by atoms with E-state index in [2.05, 4.69) is 4.74 Å². The van der Waals surface area contributed by atoms with Gasteiger partial charge in [-0.1, -0.05) is 0 Å². The predicted molar refractivity (Wildman–Crippen MR) is 30.0 cm³/mol. The van der Waals surface area contributed by atoms with E-state index < -0.39 is 24.6 Å². The van der Waals surface area contributed by atoms with Crippen molar-refractivity contribution in [3.63, 3.8) is 0 Å². The van der Waals surface area contributed by atoms with Gasteiger partial charge in [0.1, 0.15) is 18.3 Å². The molecule has 0 spiro atoms. The molecule has 1 aliphatic heterocycles. The van der Waals surface area contributed by atoms with E-state index in [0.717, 1.165) is 0 Å². The molecule has 0 aliphatic carbocycles. The largest absolute Gasteiger partial charge is 0.388 e. The van der Waals surface area contributed by atoms with Crippen molar-refractivity contribution in [3.05, 3.63) is 0 Å². The van der Waals surface area contributed by atoms with Crippen molar-refractivity contribution in [1.29, 1.82) is 0 Å². The summed E-state index contributed by atoms with van der Waals surface area (Å²) < 4.78 is 4.47. The molecule has 2 unspecified atom stereocenters. The number of ether oxygens (including phenoxy) is 1. The fraction of sp³-hybridized carbons (Fsp3) is 1.00. The standard InChI is InChI=1S/C5H10O5/c6-2-1-10-5(9)4(8)3(2)7/h2-9H,1H2/t2-,3?,4?,5-/m1/s1. The van der Waals surface area contributed by atoms with E-state index in [9.17, 15) is 0 Å². The number of rotatable bonds is 0. The van der Waals surface area contributed by atoms with Gasteiger partial charge in [-0.3, -0.25) is 0 Å². The summed E-state index contributed by atoms with van der Waals surface area (Å²) in [5.41, 5.74) is 0. The van der Waals surface area contributed by atoms with E-state index in [0.29, 0.717) is 0 Å². The van der Waals surface area contributed by atoms with Crippen molar-refractivity contribution in [3.8, 4) is 0 Å². The Morgan fingerprint density at radius 1 is 1.00 bits per heavy atom. The highest BCUT2D eigenvalue weighted by Crippen LogP contribution is 2.12. The molecule has 4 atom stereocenters. The Hall–Kier alpha value is -0.200. The lowest BCUT2D eigenvalue weighted by molar-refractivity contribution is -0.252. The van der Waals surface area contributed by atoms with Crippen LogP contribution in [0.2, 0.25) is 0 Å². The van der Waals surface area contributed by atoms with E-state index in [-0.39, 0.29) is 6.61 Å². The smallest absolute Gasteiger partial charge is 0.183 e. The molecule has 1 heterocycles. The first kappa shape index (κ1) is 7.90. The molecule has 1 rings (SSSR count). The zero-order chi connectivity index (χ0) is 7.72. The fourth-order valence-electron chi connectivity index (χ4n) is 0.791. The van der Waals surface area contributed by atoms with Crippen LogP contribution in [0, 0.1) is 0 Å². The average molecular weight is 150 g/mol. The monoisotopic (exact) mass is 150 g/mol. The van der Waals surface area contributed by atoms with Crippen molar-refractivity contribution in [2.24, 2.45) is 0 Å². The molecule has 5 heteroatoms. The van der Waals surface area contributed by atoms with Gasteiger partial charge in [-0.05, 0) is 0 Å². The van der Waals surface area contributed by atoms with E-state index in [1.807, 2.05) is 0 Å². The minimum Gasteiger partial charge on any atom is -0.388 e. The van der Waals surface area contributed by atoms with Crippen LogP contribution in [0.4, 0.5) is 0 Å². The lowest BCUT2D eigenvalue weighted by Gasteiger charge is -2.31. The lowest BCUT2D eigenvalue weighted by Crippen LogP contribution is -2.52. The third-order valence-corrected chi connectivity index (χ3v) is 1.47. The molecule has 10 heavy (non-hydrogen) atoms. The van der Waals surface area contributed by atoms with Gasteiger partial charge in [-0.15, -0.1) is 0 Å². The van der Waals surface area contributed by atoms with E-state index in [1.165, 1.54) is 0 Å². The summed E-state index contributed by atoms with van der Waals surface area (Å²) in [7, 11) is 0. The number of hydrogen-bond donors (Lipinski definition) is 4. The second kappa shape index (κ2) is 2.81. The Balaban J connectivity index is 2.52. The van der Waals surface area contributed by atoms with Crippen molar-refractivity contribution < 1.29 is 25.2 Å². The molecule has 0 aromatic rings. The highest BCUT2D eigenvalue weighted by molar-refractivity contribution is 4.81. The number of hydrogen-bond acceptors (Lipinski definition) is 5. The van der Waals surface area contributed by atoms with E-state index in [1.54, 1.807) is 0 Å². The van der Waals surface area contributed by atoms with Crippen molar-refractivity contribution in [2.45, 2.75) is 24.6 Å². The first-order chi connectivity index (χ1) is 4.63. The van der Waals surface area contributed by atoms with Gasteiger partial charge in [0, 0.05) is 0 Å². The average Bonchev–Trinajstić information content (AvgIpc) is 1.93. The van der Waals surface area contributed by atoms with Crippen LogP contribution in [-0.2, 0) is 4.74 Å². The maximum atomic E-state index is 8.88. The molecule has 0 bridgehead atoms. The zero-order valence-electron chi connectivity index (χ0n) is 5.21. The minimum absolute atomic E-state index is 0.153. The van der Waals surface area contributed by atoms with Gasteiger partial charge in [0.15, 0.2) is 6.29 Å². The Kier molecular flexibility index (Phi) is 2.22. The first-order valence-electron chi connectivity index (χ1n) is 2.97. The molecule has 1 aliphatic rings. The van der Waals surface area contributed by atoms with Crippen LogP contribution in [0.25, 0.3) is 0 Å². The lowest BCUT2D eigenvalue weighted by atomic mass is 10.1. The second-order valence-electron chi connectivity index (χ2n) is 2.27. The molecule has 0 saturated carbocycles. The van der Waals surface area contributed by atoms with Gasteiger partial charge in [-0.25, -0.2) is 0 Å². The molecule has 5 nitrogen and oxygen atoms in total. The normalized spacial score (nSPS) is 49.2. The molecule has 1 saturated heterocycles. The Bertz CT molecular complexity index is 103. The summed E-state index contributed by atoms with van der Waals surface area (Å²) >= 11 is 0. The molecule has 60 valence electrons. The van der Waals surface area contributed by atoms with Gasteiger partial charge < -0.3 is 25.2 Å². The molecule has 0 aromatic heterocycles. The summed E-state index contributed by atoms with van der Waals surface area (Å²) in [5, 5.41) is 35.3. The van der Waals surface area contributed by atoms with Crippen LogP contribution >= 0.6 is 0 Å². The molecular formula is C5H10O5. The van der Waals surface area contributed by atoms with Crippen LogP contribution in [-0.4, -0.2) is 51.6 Å². The van der Waals surface area contributed by atoms with Gasteiger partial charge in [-0.2, -0.15) is 0 Å². The molecule has 4 N–H and O–H groups in total. The van der Waals surface area contributed by atoms with Crippen LogP contribution in [0.1, 0.15) is 0 Å². The van der Waals surface area contributed by atoms with Crippen molar-refractivity contribution in [2.75, 3.05) is 6.61 Å². The summed E-state index contributed by atoms with van der Waals surface area (Å²) in [6.45, 7) is -0.153. The van der Waals surface area contributed by atoms with Crippen molar-refractivity contribution in [1.82, 2.24) is 0 Å². The molecule has 0 aromatic carbocycles. The Morgan fingerprint density at radius 3 is 2.10 bits per heavy atom. The van der Waals surface area contributed by atoms with Gasteiger partial charge >= 0.3 is 0 Å². The summed E-state index contributed by atoms with van der Waals surface area (Å²) in [4.78, 5) is 0. The molecular weight excluding hydrogens is 140 g/mol. The van der Waals surface area contributed by atoms with Crippen molar-refractivity contribution >= 4 is 0 Å². The van der Waals surface area contributed by atoms with Crippen LogP contribution < -0.4 is 0 Å². The molecule has 1 fully saturated rings. The maximum absolute atomic E-state index is 8.88. The fourth-order valence-corrected chi connectivity index (χ4v) is 0.791. The quantitative estimate of drug-likeness (QED) is 0.304. The third kappa shape index (κ3) is 1.28. The number of aliphatic hydroxyl groups excluding tert-OH is 4. The van der Waals surface area contributed by atoms with E-state index in [4.69, 9.17) is 20.4 Å². The SMILES string of the molecule is OC1C(O)[C@H](O)OC[C@H]1O. The van der Waals surface area contributed by atoms with Gasteiger partial charge in [0.05, 0.1) is 6.61 Å². The zero-order valence-corrected chi connectivity index (χ0v) is 5.21. The third-order valence-electron chi connectivity index (χ3n) is 1.47. The predicted octanol–water partition coefficient (Wildman–Crippen LogP) is -2.58. The van der Waals surface area contributed by atoms with Gasteiger partial charge in [0.25, 0.3) is 0 Å². The van der Waals surface area contributed by atoms with Crippen LogP contribution in [0.15, 0.2) is 0 Å². The Labute approximate surface area is 57.5 Å². The minimum atomic E-state index is -1.41. The van der Waals surface area contributed by atoms with Crippen LogP contribution in [0.5, 0.6) is 0 Å². The van der Waals surface area contributed by atoms with Crippen LogP contribution in [0.3, 0.4) is 0 Å². The summed E-state index contributed by atoms with van der Waals surface area (Å²) in [6.07, 6.45) is -5.23. The maximum Gasteiger partial charge on any atom is 0.183 e. The molecule has 0 amide bonds. The molecule has 0 radical (unpaired) electrons.